The van der Waals surface area contributed by atoms with Gasteiger partial charge in [-0.25, -0.2) is 22.3 Å². The van der Waals surface area contributed by atoms with Crippen molar-refractivity contribution in [1.29, 1.82) is 0 Å². The molecule has 18 heavy (non-hydrogen) atoms. The van der Waals surface area contributed by atoms with E-state index in [1.165, 1.54) is 22.3 Å². The molecule has 0 aromatic carbocycles. The molecule has 0 N–H and O–H groups in total. The predicted octanol–water partition coefficient (Wildman–Crippen LogP) is 4.98. The number of rotatable bonds is 0. The molecule has 2 rings (SSSR count). The Morgan fingerprint density at radius 1 is 0.833 bits per heavy atom. The second-order valence-electron chi connectivity index (χ2n) is 3.79. The summed E-state index contributed by atoms with van der Waals surface area (Å²) in [6.07, 6.45) is 12.8. The van der Waals surface area contributed by atoms with Gasteiger partial charge in [-0.2, -0.15) is 12.2 Å². The van der Waals surface area contributed by atoms with Gasteiger partial charge in [0.1, 0.15) is 0 Å². The van der Waals surface area contributed by atoms with Crippen LogP contribution in [0.25, 0.3) is 0 Å². The van der Waals surface area contributed by atoms with Gasteiger partial charge in [0, 0.05) is 0 Å². The van der Waals surface area contributed by atoms with Crippen molar-refractivity contribution in [2.45, 2.75) is 40.5 Å². The maximum absolute atomic E-state index is 3.25. The van der Waals surface area contributed by atoms with E-state index >= 15 is 0 Å². The SMILES string of the molecule is CC1=[C-]CC=C1C.CC1=[C-]CC=C1C.Cl.Cl.[CH2]=[Ti+2]. The first kappa shape index (κ1) is 23.2. The van der Waals surface area contributed by atoms with Crippen LogP contribution in [0.15, 0.2) is 34.4 Å². The van der Waals surface area contributed by atoms with Crippen LogP contribution in [0.1, 0.15) is 40.5 Å². The second-order valence-corrected chi connectivity index (χ2v) is 3.79. The molecule has 0 amide bonds. The summed E-state index contributed by atoms with van der Waals surface area (Å²) >= 11 is 1.75. The molecule has 0 aromatic rings. The van der Waals surface area contributed by atoms with E-state index in [4.69, 9.17) is 0 Å². The number of allylic oxidation sites excluding steroid dienone is 8. The summed E-state index contributed by atoms with van der Waals surface area (Å²) in [5.41, 5.74) is 5.42. The summed E-state index contributed by atoms with van der Waals surface area (Å²) in [4.78, 5) is 3.25. The molecule has 0 aromatic heterocycles. The van der Waals surface area contributed by atoms with Crippen LogP contribution in [0.5, 0.6) is 0 Å². The summed E-state index contributed by atoms with van der Waals surface area (Å²) in [7, 11) is 0. The first-order valence-electron chi connectivity index (χ1n) is 5.45. The van der Waals surface area contributed by atoms with E-state index < -0.39 is 0 Å². The molecule has 0 atom stereocenters. The van der Waals surface area contributed by atoms with Crippen LogP contribution in [0, 0.1) is 12.2 Å². The van der Waals surface area contributed by atoms with Gasteiger partial charge in [0.25, 0.3) is 0 Å². The summed E-state index contributed by atoms with van der Waals surface area (Å²) in [5, 5.41) is 0. The summed E-state index contributed by atoms with van der Waals surface area (Å²) in [6, 6.07) is 0. The van der Waals surface area contributed by atoms with Crippen molar-refractivity contribution in [2.75, 3.05) is 0 Å². The average Bonchev–Trinajstić information content (AvgIpc) is 2.83. The van der Waals surface area contributed by atoms with Gasteiger partial charge in [-0.05, 0) is 0 Å². The Morgan fingerprint density at radius 2 is 1.11 bits per heavy atom. The molecule has 0 saturated heterocycles. The molecule has 0 heterocycles. The van der Waals surface area contributed by atoms with Gasteiger partial charge in [0.2, 0.25) is 0 Å². The van der Waals surface area contributed by atoms with E-state index in [0.29, 0.717) is 0 Å². The molecular formula is C15H22Cl2Ti. The molecule has 0 aliphatic heterocycles. The molecule has 2 aliphatic carbocycles. The minimum absolute atomic E-state index is 0. The molecule has 0 fully saturated rings. The molecule has 2 aliphatic rings. The average molecular weight is 321 g/mol. The zero-order valence-corrected chi connectivity index (χ0v) is 14.8. The Kier molecular flexibility index (Phi) is 17.5. The van der Waals surface area contributed by atoms with Crippen LogP contribution in [-0.2, 0) is 20.0 Å². The van der Waals surface area contributed by atoms with E-state index in [0.717, 1.165) is 12.8 Å². The fourth-order valence-electron chi connectivity index (χ4n) is 1.30. The monoisotopic (exact) mass is 320 g/mol. The van der Waals surface area contributed by atoms with Crippen molar-refractivity contribution in [3.63, 3.8) is 0 Å². The predicted molar refractivity (Wildman–Crippen MR) is 83.2 cm³/mol. The Morgan fingerprint density at radius 3 is 1.17 bits per heavy atom. The zero-order valence-electron chi connectivity index (χ0n) is 11.6. The first-order chi connectivity index (χ1) is 7.61. The van der Waals surface area contributed by atoms with Gasteiger partial charge in [0.05, 0.1) is 0 Å². The standard InChI is InChI=1S/2C7H9.CH2.2ClH.Ti/c2*1-6-4-3-5-7(6)2;;;;/h2*4H,3H2,1-2H3;1H2;2*1H;/q2*-1;;;;+2. The molecule has 0 unspecified atom stereocenters. The molecule has 0 saturated carbocycles. The minimum atomic E-state index is 0. The Labute approximate surface area is 136 Å². The first-order valence-corrected chi connectivity index (χ1v) is 6.56. The van der Waals surface area contributed by atoms with Gasteiger partial charge < -0.3 is 0 Å². The Balaban J connectivity index is -0.000000200. The van der Waals surface area contributed by atoms with Crippen molar-refractivity contribution >= 4 is 29.6 Å². The molecule has 0 bridgehead atoms. The molecular weight excluding hydrogens is 299 g/mol. The van der Waals surface area contributed by atoms with Crippen LogP contribution < -0.4 is 0 Å². The summed E-state index contributed by atoms with van der Waals surface area (Å²) in [6.45, 7) is 8.43. The molecule has 3 heteroatoms. The van der Waals surface area contributed by atoms with E-state index in [1.54, 1.807) is 20.0 Å². The maximum atomic E-state index is 3.25. The van der Waals surface area contributed by atoms with Crippen LogP contribution in [0.4, 0.5) is 0 Å². The number of hydrogen-bond acceptors (Lipinski definition) is 0. The molecule has 100 valence electrons. The normalized spacial score (nSPS) is 15.2. The summed E-state index contributed by atoms with van der Waals surface area (Å²) in [5.74, 6) is 0. The van der Waals surface area contributed by atoms with Crippen molar-refractivity contribution in [1.82, 2.24) is 0 Å². The van der Waals surface area contributed by atoms with E-state index in [1.807, 2.05) is 0 Å². The van der Waals surface area contributed by atoms with Gasteiger partial charge in [-0.1, -0.05) is 13.8 Å². The quantitative estimate of drug-likeness (QED) is 0.436. The van der Waals surface area contributed by atoms with Crippen molar-refractivity contribution < 1.29 is 20.0 Å². The fourth-order valence-corrected chi connectivity index (χ4v) is 1.30. The van der Waals surface area contributed by atoms with Crippen LogP contribution >= 0.6 is 24.8 Å². The van der Waals surface area contributed by atoms with Gasteiger partial charge in [-0.3, -0.25) is 12.2 Å². The van der Waals surface area contributed by atoms with Crippen LogP contribution in [0.2, 0.25) is 0 Å². The van der Waals surface area contributed by atoms with Crippen molar-refractivity contribution in [2.24, 2.45) is 0 Å². The molecule has 0 spiro atoms. The number of halogens is 2. The topological polar surface area (TPSA) is 0 Å². The van der Waals surface area contributed by atoms with E-state index in [-0.39, 0.29) is 24.8 Å². The van der Waals surface area contributed by atoms with Gasteiger partial charge in [-0.15, -0.1) is 51.5 Å². The molecule has 0 nitrogen and oxygen atoms in total. The third kappa shape index (κ3) is 9.11. The van der Waals surface area contributed by atoms with Crippen molar-refractivity contribution in [3.05, 3.63) is 46.6 Å². The fraction of sp³-hybridized carbons (Fsp3) is 0.400. The Hall–Kier alpha value is 0.124. The van der Waals surface area contributed by atoms with Gasteiger partial charge in [0.15, 0.2) is 0 Å². The second kappa shape index (κ2) is 13.6. The zero-order chi connectivity index (χ0) is 12.6. The third-order valence-corrected chi connectivity index (χ3v) is 2.73. The number of hydrogen-bond donors (Lipinski definition) is 0. The van der Waals surface area contributed by atoms with E-state index in [2.05, 4.69) is 56.8 Å². The van der Waals surface area contributed by atoms with Crippen LogP contribution in [-0.4, -0.2) is 4.82 Å². The Bertz CT molecular complexity index is 284. The van der Waals surface area contributed by atoms with Crippen LogP contribution in [0.3, 0.4) is 0 Å². The van der Waals surface area contributed by atoms with Crippen molar-refractivity contribution in [3.8, 4) is 0 Å². The third-order valence-electron chi connectivity index (χ3n) is 2.73. The van der Waals surface area contributed by atoms with Gasteiger partial charge >= 0.3 is 24.8 Å². The summed E-state index contributed by atoms with van der Waals surface area (Å²) < 4.78 is 0. The molecule has 0 radical (unpaired) electrons. The van der Waals surface area contributed by atoms with E-state index in [9.17, 15) is 0 Å².